The van der Waals surface area contributed by atoms with Gasteiger partial charge in [-0.25, -0.2) is 0 Å². The van der Waals surface area contributed by atoms with Crippen LogP contribution >= 0.6 is 0 Å². The van der Waals surface area contributed by atoms with E-state index in [0.717, 1.165) is 32.5 Å². The number of aromatic nitrogens is 3. The van der Waals surface area contributed by atoms with Gasteiger partial charge in [-0.1, -0.05) is 6.92 Å². The molecule has 19 heavy (non-hydrogen) atoms. The van der Waals surface area contributed by atoms with E-state index in [0.29, 0.717) is 0 Å². The van der Waals surface area contributed by atoms with Crippen LogP contribution in [0, 0.1) is 6.92 Å². The zero-order valence-electron chi connectivity index (χ0n) is 11.9. The summed E-state index contributed by atoms with van der Waals surface area (Å²) in [7, 11) is 0. The third kappa shape index (κ3) is 4.24. The van der Waals surface area contributed by atoms with Crippen LogP contribution in [-0.4, -0.2) is 21.3 Å². The SMILES string of the molecule is CCCn1ccc(CNCCCc2cn[nH]c2C)c1. The Morgan fingerprint density at radius 2 is 2.32 bits per heavy atom. The highest BCUT2D eigenvalue weighted by molar-refractivity contribution is 5.14. The van der Waals surface area contributed by atoms with Gasteiger partial charge in [0, 0.05) is 31.2 Å². The molecule has 4 nitrogen and oxygen atoms in total. The van der Waals surface area contributed by atoms with Crippen molar-refractivity contribution < 1.29 is 0 Å². The Bertz CT molecular complexity index is 484. The van der Waals surface area contributed by atoms with E-state index in [2.05, 4.69) is 52.4 Å². The summed E-state index contributed by atoms with van der Waals surface area (Å²) in [5.41, 5.74) is 3.89. The molecule has 2 aromatic heterocycles. The number of hydrogen-bond donors (Lipinski definition) is 2. The largest absolute Gasteiger partial charge is 0.354 e. The highest BCUT2D eigenvalue weighted by Gasteiger charge is 2.00. The van der Waals surface area contributed by atoms with Gasteiger partial charge < -0.3 is 9.88 Å². The van der Waals surface area contributed by atoms with E-state index >= 15 is 0 Å². The molecule has 0 bridgehead atoms. The molecule has 0 saturated carbocycles. The lowest BCUT2D eigenvalue weighted by atomic mass is 10.1. The van der Waals surface area contributed by atoms with Gasteiger partial charge in [0.25, 0.3) is 0 Å². The van der Waals surface area contributed by atoms with Gasteiger partial charge in [0.05, 0.1) is 6.20 Å². The number of nitrogens with one attached hydrogen (secondary N) is 2. The first kappa shape index (κ1) is 13.9. The van der Waals surface area contributed by atoms with Crippen molar-refractivity contribution in [3.63, 3.8) is 0 Å². The molecule has 104 valence electrons. The van der Waals surface area contributed by atoms with Gasteiger partial charge in [0.2, 0.25) is 0 Å². The average Bonchev–Trinajstić information content (AvgIpc) is 3.00. The van der Waals surface area contributed by atoms with Crippen LogP contribution in [-0.2, 0) is 19.5 Å². The number of aromatic amines is 1. The van der Waals surface area contributed by atoms with E-state index in [1.165, 1.54) is 23.2 Å². The van der Waals surface area contributed by atoms with Crippen molar-refractivity contribution in [3.05, 3.63) is 41.5 Å². The zero-order valence-corrected chi connectivity index (χ0v) is 11.9. The lowest BCUT2D eigenvalue weighted by molar-refractivity contribution is 0.643. The summed E-state index contributed by atoms with van der Waals surface area (Å²) < 4.78 is 2.26. The van der Waals surface area contributed by atoms with Crippen molar-refractivity contribution in [1.82, 2.24) is 20.1 Å². The molecule has 0 saturated heterocycles. The number of aryl methyl sites for hydroxylation is 3. The lowest BCUT2D eigenvalue weighted by Crippen LogP contribution is -2.15. The Hall–Kier alpha value is -1.55. The van der Waals surface area contributed by atoms with Crippen LogP contribution in [0.2, 0.25) is 0 Å². The van der Waals surface area contributed by atoms with Crippen LogP contribution in [0.3, 0.4) is 0 Å². The molecular weight excluding hydrogens is 236 g/mol. The molecule has 4 heteroatoms. The molecule has 2 heterocycles. The lowest BCUT2D eigenvalue weighted by Gasteiger charge is -2.03. The van der Waals surface area contributed by atoms with E-state index in [-0.39, 0.29) is 0 Å². The first-order chi connectivity index (χ1) is 9.29. The van der Waals surface area contributed by atoms with Crippen LogP contribution in [0.25, 0.3) is 0 Å². The number of nitrogens with zero attached hydrogens (tertiary/aromatic N) is 2. The molecule has 2 rings (SSSR count). The minimum Gasteiger partial charge on any atom is -0.354 e. The molecule has 0 spiro atoms. The predicted octanol–water partition coefficient (Wildman–Crippen LogP) is 2.65. The maximum atomic E-state index is 4.04. The van der Waals surface area contributed by atoms with Gasteiger partial charge in [0.1, 0.15) is 0 Å². The first-order valence-electron chi connectivity index (χ1n) is 7.14. The zero-order chi connectivity index (χ0) is 13.5. The van der Waals surface area contributed by atoms with Gasteiger partial charge >= 0.3 is 0 Å². The van der Waals surface area contributed by atoms with Gasteiger partial charge in [-0.15, -0.1) is 0 Å². The molecule has 0 fully saturated rings. The van der Waals surface area contributed by atoms with E-state index in [9.17, 15) is 0 Å². The fourth-order valence-corrected chi connectivity index (χ4v) is 2.26. The summed E-state index contributed by atoms with van der Waals surface area (Å²) in [5, 5.41) is 10.5. The maximum Gasteiger partial charge on any atom is 0.0522 e. The highest BCUT2D eigenvalue weighted by atomic mass is 15.1. The van der Waals surface area contributed by atoms with Crippen molar-refractivity contribution in [2.75, 3.05) is 6.54 Å². The number of hydrogen-bond acceptors (Lipinski definition) is 2. The van der Waals surface area contributed by atoms with E-state index in [1.54, 1.807) is 0 Å². The van der Waals surface area contributed by atoms with Crippen LogP contribution < -0.4 is 5.32 Å². The van der Waals surface area contributed by atoms with Crippen molar-refractivity contribution in [1.29, 1.82) is 0 Å². The molecule has 0 aliphatic heterocycles. The van der Waals surface area contributed by atoms with Crippen molar-refractivity contribution in [2.45, 2.75) is 46.2 Å². The summed E-state index contributed by atoms with van der Waals surface area (Å²) in [6.07, 6.45) is 9.75. The second kappa shape index (κ2) is 7.14. The minimum atomic E-state index is 0.959. The van der Waals surface area contributed by atoms with Gasteiger partial charge in [-0.2, -0.15) is 5.10 Å². The molecule has 2 N–H and O–H groups in total. The third-order valence-electron chi connectivity index (χ3n) is 3.36. The Kier molecular flexibility index (Phi) is 5.21. The van der Waals surface area contributed by atoms with Gasteiger partial charge in [-0.3, -0.25) is 5.10 Å². The Morgan fingerprint density at radius 3 is 3.05 bits per heavy atom. The highest BCUT2D eigenvalue weighted by Crippen LogP contribution is 2.05. The fourth-order valence-electron chi connectivity index (χ4n) is 2.26. The quantitative estimate of drug-likeness (QED) is 0.717. The fraction of sp³-hybridized carbons (Fsp3) is 0.533. The van der Waals surface area contributed by atoms with Crippen molar-refractivity contribution >= 4 is 0 Å². The van der Waals surface area contributed by atoms with Crippen LogP contribution in [0.5, 0.6) is 0 Å². The van der Waals surface area contributed by atoms with Gasteiger partial charge in [-0.05, 0) is 49.9 Å². The standard InChI is InChI=1S/C15H24N4/c1-3-8-19-9-6-14(12-19)10-16-7-4-5-15-11-17-18-13(15)2/h6,9,11-12,16H,3-5,7-8,10H2,1-2H3,(H,17,18). The van der Waals surface area contributed by atoms with Crippen molar-refractivity contribution in [2.24, 2.45) is 0 Å². The summed E-state index contributed by atoms with van der Waals surface area (Å²) in [6, 6.07) is 2.20. The summed E-state index contributed by atoms with van der Waals surface area (Å²) >= 11 is 0. The van der Waals surface area contributed by atoms with Crippen LogP contribution in [0.4, 0.5) is 0 Å². The van der Waals surface area contributed by atoms with Crippen LogP contribution in [0.1, 0.15) is 36.6 Å². The molecule has 0 aromatic carbocycles. The molecule has 2 aromatic rings. The minimum absolute atomic E-state index is 0.959. The van der Waals surface area contributed by atoms with E-state index < -0.39 is 0 Å². The molecule has 0 radical (unpaired) electrons. The Morgan fingerprint density at radius 1 is 1.42 bits per heavy atom. The van der Waals surface area contributed by atoms with E-state index in [4.69, 9.17) is 0 Å². The normalized spacial score (nSPS) is 11.1. The second-order valence-electron chi connectivity index (χ2n) is 5.06. The summed E-state index contributed by atoms with van der Waals surface area (Å²) in [4.78, 5) is 0. The monoisotopic (exact) mass is 260 g/mol. The van der Waals surface area contributed by atoms with Crippen LogP contribution in [0.15, 0.2) is 24.7 Å². The molecule has 0 amide bonds. The van der Waals surface area contributed by atoms with Crippen molar-refractivity contribution in [3.8, 4) is 0 Å². The maximum absolute atomic E-state index is 4.04. The smallest absolute Gasteiger partial charge is 0.0522 e. The van der Waals surface area contributed by atoms with E-state index in [1.807, 2.05) is 6.20 Å². The molecule has 0 aliphatic carbocycles. The number of H-pyrrole nitrogens is 1. The van der Waals surface area contributed by atoms with Gasteiger partial charge in [0.15, 0.2) is 0 Å². The predicted molar refractivity (Wildman–Crippen MR) is 78.1 cm³/mol. The Labute approximate surface area is 115 Å². The molecular formula is C15H24N4. The second-order valence-corrected chi connectivity index (χ2v) is 5.06. The third-order valence-corrected chi connectivity index (χ3v) is 3.36. The molecule has 0 aliphatic rings. The topological polar surface area (TPSA) is 45.6 Å². The summed E-state index contributed by atoms with van der Waals surface area (Å²) in [5.74, 6) is 0. The Balaban J connectivity index is 1.62. The molecule has 0 atom stereocenters. The average molecular weight is 260 g/mol. The molecule has 0 unspecified atom stereocenters. The first-order valence-corrected chi connectivity index (χ1v) is 7.14. The number of rotatable bonds is 8. The summed E-state index contributed by atoms with van der Waals surface area (Å²) in [6.45, 7) is 7.40.